The van der Waals surface area contributed by atoms with Crippen molar-refractivity contribution >= 4 is 0 Å². The third kappa shape index (κ3) is 3.60. The largest absolute Gasteiger partial charge is 0.324 e. The van der Waals surface area contributed by atoms with Crippen LogP contribution in [-0.4, -0.2) is 0 Å². The number of benzene rings is 1. The molecule has 1 aromatic rings. The number of fused-ring (bicyclic) bond motifs is 5. The molecule has 3 fully saturated rings. The summed E-state index contributed by atoms with van der Waals surface area (Å²) in [5.41, 5.74) is 11.7. The number of allylic oxidation sites excluding steroid dienone is 2. The molecule has 1 aromatic carbocycles. The van der Waals surface area contributed by atoms with E-state index in [-0.39, 0.29) is 7.47 Å². The normalized spacial score (nSPS) is 41.4. The summed E-state index contributed by atoms with van der Waals surface area (Å²) in [5, 5.41) is 0. The number of hydrogen-bond acceptors (Lipinski definition) is 1. The third-order valence-corrected chi connectivity index (χ3v) is 10.2. The van der Waals surface area contributed by atoms with Gasteiger partial charge in [-0.2, -0.15) is 0 Å². The smallest absolute Gasteiger partial charge is 0.0294 e. The molecule has 0 aromatic heterocycles. The minimum absolute atomic E-state index is 0. The Morgan fingerprint density at radius 3 is 2.67 bits per heavy atom. The first kappa shape index (κ1) is 20.8. The summed E-state index contributed by atoms with van der Waals surface area (Å²) in [7, 11) is 0. The molecule has 0 amide bonds. The third-order valence-electron chi connectivity index (χ3n) is 10.2. The maximum absolute atomic E-state index is 6.62. The molecule has 4 aliphatic rings. The highest BCUT2D eigenvalue weighted by atomic mass is 14.6. The lowest BCUT2D eigenvalue weighted by atomic mass is 9.51. The number of rotatable bonds is 4. The van der Waals surface area contributed by atoms with E-state index in [1.54, 1.807) is 0 Å². The summed E-state index contributed by atoms with van der Waals surface area (Å²) >= 11 is 0. The van der Waals surface area contributed by atoms with Gasteiger partial charge in [-0.25, -0.2) is 0 Å². The fourth-order valence-electron chi connectivity index (χ4n) is 8.42. The van der Waals surface area contributed by atoms with Gasteiger partial charge in [0.2, 0.25) is 0 Å². The predicted molar refractivity (Wildman–Crippen MR) is 129 cm³/mol. The van der Waals surface area contributed by atoms with E-state index in [0.29, 0.717) is 5.41 Å². The highest BCUT2D eigenvalue weighted by molar-refractivity contribution is 5.24. The second kappa shape index (κ2) is 8.12. The van der Waals surface area contributed by atoms with Crippen molar-refractivity contribution in [2.75, 3.05) is 0 Å². The zero-order valence-electron chi connectivity index (χ0n) is 19.6. The summed E-state index contributed by atoms with van der Waals surface area (Å²) in [6.45, 7) is 7.29. The SMILES string of the molecule is Cc1ccc(C(N)CCC2CCC3C4CC=C5CC(C)CCC5C4CCC23C)cc1.[HH]. The molecule has 0 spiro atoms. The highest BCUT2D eigenvalue weighted by Gasteiger charge is 2.55. The van der Waals surface area contributed by atoms with Gasteiger partial charge in [-0.15, -0.1) is 0 Å². The van der Waals surface area contributed by atoms with Gasteiger partial charge in [0.1, 0.15) is 0 Å². The molecule has 0 radical (unpaired) electrons. The van der Waals surface area contributed by atoms with Crippen LogP contribution in [0.5, 0.6) is 0 Å². The van der Waals surface area contributed by atoms with Crippen molar-refractivity contribution in [2.24, 2.45) is 46.7 Å². The molecular formula is C29H45N. The number of aryl methyl sites for hydroxylation is 1. The summed E-state index contributed by atoms with van der Waals surface area (Å²) < 4.78 is 0. The standard InChI is InChI=1S/C29H43N.H2/c1-19-4-7-21(8-5-19)28(30)15-11-23-10-14-27-26-13-9-22-18-20(2)6-12-24(22)25(26)16-17-29(23,27)3;/h4-5,7-9,20,23-28H,6,10-18,30H2,1-3H3;1H. The van der Waals surface area contributed by atoms with Gasteiger partial charge in [0.15, 0.2) is 0 Å². The average molecular weight is 408 g/mol. The molecule has 8 atom stereocenters. The van der Waals surface area contributed by atoms with Gasteiger partial charge >= 0.3 is 0 Å². The molecule has 4 aliphatic carbocycles. The van der Waals surface area contributed by atoms with Gasteiger partial charge in [0.25, 0.3) is 0 Å². The predicted octanol–water partition coefficient (Wildman–Crippen LogP) is 7.85. The van der Waals surface area contributed by atoms with Crippen LogP contribution in [0.15, 0.2) is 35.9 Å². The van der Waals surface area contributed by atoms with Crippen LogP contribution in [0.4, 0.5) is 0 Å². The molecule has 1 heteroatoms. The lowest BCUT2D eigenvalue weighted by Gasteiger charge is -2.54. The second-order valence-electron chi connectivity index (χ2n) is 11.9. The van der Waals surface area contributed by atoms with E-state index < -0.39 is 0 Å². The van der Waals surface area contributed by atoms with Crippen molar-refractivity contribution in [3.05, 3.63) is 47.0 Å². The molecule has 5 rings (SSSR count). The first-order chi connectivity index (χ1) is 14.5. The zero-order chi connectivity index (χ0) is 20.9. The molecule has 2 N–H and O–H groups in total. The number of hydrogen-bond donors (Lipinski definition) is 1. The Morgan fingerprint density at radius 2 is 1.87 bits per heavy atom. The molecule has 8 unspecified atom stereocenters. The highest BCUT2D eigenvalue weighted by Crippen LogP contribution is 2.64. The maximum atomic E-state index is 6.62. The molecular weight excluding hydrogens is 362 g/mol. The van der Waals surface area contributed by atoms with E-state index in [4.69, 9.17) is 5.73 Å². The summed E-state index contributed by atoms with van der Waals surface area (Å²) in [6.07, 6.45) is 16.8. The zero-order valence-corrected chi connectivity index (χ0v) is 19.6. The van der Waals surface area contributed by atoms with Crippen molar-refractivity contribution in [3.63, 3.8) is 0 Å². The van der Waals surface area contributed by atoms with Crippen LogP contribution in [-0.2, 0) is 0 Å². The van der Waals surface area contributed by atoms with Gasteiger partial charge in [-0.1, -0.05) is 55.3 Å². The Kier molecular flexibility index (Phi) is 5.63. The lowest BCUT2D eigenvalue weighted by Crippen LogP contribution is -2.45. The van der Waals surface area contributed by atoms with Crippen LogP contribution in [0, 0.1) is 47.8 Å². The van der Waals surface area contributed by atoms with Crippen LogP contribution in [0.3, 0.4) is 0 Å². The van der Waals surface area contributed by atoms with Gasteiger partial charge in [-0.3, -0.25) is 0 Å². The van der Waals surface area contributed by atoms with Crippen LogP contribution in [0.25, 0.3) is 0 Å². The molecule has 1 nitrogen and oxygen atoms in total. The van der Waals surface area contributed by atoms with Gasteiger partial charge in [0.05, 0.1) is 0 Å². The van der Waals surface area contributed by atoms with Crippen molar-refractivity contribution in [3.8, 4) is 0 Å². The van der Waals surface area contributed by atoms with E-state index in [0.717, 1.165) is 41.9 Å². The van der Waals surface area contributed by atoms with Crippen LogP contribution >= 0.6 is 0 Å². The Labute approximate surface area is 186 Å². The first-order valence-electron chi connectivity index (χ1n) is 13.0. The van der Waals surface area contributed by atoms with Gasteiger partial charge in [-0.05, 0) is 118 Å². The first-order valence-corrected chi connectivity index (χ1v) is 13.0. The summed E-state index contributed by atoms with van der Waals surface area (Å²) in [4.78, 5) is 0. The van der Waals surface area contributed by atoms with Crippen molar-refractivity contribution in [2.45, 2.75) is 91.0 Å². The van der Waals surface area contributed by atoms with E-state index >= 15 is 0 Å². The van der Waals surface area contributed by atoms with Gasteiger partial charge in [0, 0.05) is 7.47 Å². The average Bonchev–Trinajstić information content (AvgIpc) is 3.08. The fraction of sp³-hybridized carbons (Fsp3) is 0.724. The molecule has 0 heterocycles. The Bertz CT molecular complexity index is 782. The van der Waals surface area contributed by atoms with Gasteiger partial charge < -0.3 is 5.73 Å². The van der Waals surface area contributed by atoms with E-state index in [1.807, 2.05) is 5.57 Å². The molecule has 166 valence electrons. The van der Waals surface area contributed by atoms with Crippen molar-refractivity contribution < 1.29 is 1.43 Å². The summed E-state index contributed by atoms with van der Waals surface area (Å²) in [5.74, 6) is 5.70. The molecule has 30 heavy (non-hydrogen) atoms. The Hall–Kier alpha value is -1.08. The van der Waals surface area contributed by atoms with Crippen LogP contribution in [0.2, 0.25) is 0 Å². The number of nitrogens with two attached hydrogens (primary N) is 1. The Morgan fingerprint density at radius 1 is 1.07 bits per heavy atom. The quantitative estimate of drug-likeness (QED) is 0.505. The topological polar surface area (TPSA) is 26.0 Å². The minimum Gasteiger partial charge on any atom is -0.324 e. The van der Waals surface area contributed by atoms with E-state index in [1.165, 1.54) is 68.9 Å². The van der Waals surface area contributed by atoms with Crippen LogP contribution in [0.1, 0.15) is 96.7 Å². The second-order valence-corrected chi connectivity index (χ2v) is 11.9. The van der Waals surface area contributed by atoms with E-state index in [9.17, 15) is 0 Å². The molecule has 0 bridgehead atoms. The van der Waals surface area contributed by atoms with Crippen LogP contribution < -0.4 is 5.73 Å². The fourth-order valence-corrected chi connectivity index (χ4v) is 8.42. The van der Waals surface area contributed by atoms with Crippen molar-refractivity contribution in [1.29, 1.82) is 0 Å². The summed E-state index contributed by atoms with van der Waals surface area (Å²) in [6, 6.07) is 9.09. The Balaban J connectivity index is 0.00000231. The minimum atomic E-state index is 0. The monoisotopic (exact) mass is 407 g/mol. The van der Waals surface area contributed by atoms with E-state index in [2.05, 4.69) is 51.1 Å². The maximum Gasteiger partial charge on any atom is 0.0294 e. The van der Waals surface area contributed by atoms with Crippen molar-refractivity contribution in [1.82, 2.24) is 0 Å². The lowest BCUT2D eigenvalue weighted by molar-refractivity contribution is -0.0159. The molecule has 0 aliphatic heterocycles. The molecule has 0 saturated heterocycles. The molecule has 3 saturated carbocycles.